The number of hydrogen-bond acceptors (Lipinski definition) is 6. The highest BCUT2D eigenvalue weighted by atomic mass is 19.1. The van der Waals surface area contributed by atoms with Crippen LogP contribution in [0.4, 0.5) is 25.4 Å². The minimum Gasteiger partial charge on any atom is -0.449 e. The third-order valence-electron chi connectivity index (χ3n) is 5.24. The smallest absolute Gasteiger partial charge is 0.409 e. The Bertz CT molecular complexity index is 933. The van der Waals surface area contributed by atoms with E-state index in [9.17, 15) is 9.59 Å². The van der Waals surface area contributed by atoms with Gasteiger partial charge in [-0.2, -0.15) is 0 Å². The predicted molar refractivity (Wildman–Crippen MR) is 123 cm³/mol. The van der Waals surface area contributed by atoms with E-state index in [2.05, 4.69) is 20.5 Å². The van der Waals surface area contributed by atoms with Gasteiger partial charge in [0.05, 0.1) is 24.2 Å². The number of carbonyl (C=O) groups is 2. The number of ether oxygens (including phenoxy) is 2. The van der Waals surface area contributed by atoms with E-state index in [1.165, 1.54) is 12.3 Å². The number of hydrogen-bond donors (Lipinski definition) is 2. The van der Waals surface area contributed by atoms with Gasteiger partial charge < -0.3 is 25.0 Å². The Morgan fingerprint density at radius 1 is 1.09 bits per heavy atom. The van der Waals surface area contributed by atoms with Crippen molar-refractivity contribution in [1.29, 1.82) is 0 Å². The lowest BCUT2D eigenvalue weighted by Gasteiger charge is -2.34. The Morgan fingerprint density at radius 2 is 1.88 bits per heavy atom. The zero-order chi connectivity index (χ0) is 23.6. The number of aryl methyl sites for hydroxylation is 1. The largest absolute Gasteiger partial charge is 0.449 e. The number of aromatic nitrogens is 1. The molecule has 9 nitrogen and oxygen atoms in total. The Hall–Kier alpha value is -3.24. The average molecular weight is 460 g/mol. The van der Waals surface area contributed by atoms with Crippen LogP contribution < -0.4 is 10.6 Å². The Labute approximate surface area is 192 Å². The van der Waals surface area contributed by atoms with E-state index in [-0.39, 0.29) is 11.8 Å². The van der Waals surface area contributed by atoms with Crippen molar-refractivity contribution in [3.8, 4) is 0 Å². The van der Waals surface area contributed by atoms with Crippen LogP contribution in [0.15, 0.2) is 36.5 Å². The van der Waals surface area contributed by atoms with Crippen molar-refractivity contribution in [3.05, 3.63) is 53.6 Å². The van der Waals surface area contributed by atoms with Gasteiger partial charge in [-0.1, -0.05) is 12.1 Å². The van der Waals surface area contributed by atoms with E-state index in [0.717, 1.165) is 5.69 Å². The summed E-state index contributed by atoms with van der Waals surface area (Å²) in [4.78, 5) is 32.2. The zero-order valence-corrected chi connectivity index (χ0v) is 19.0. The maximum absolute atomic E-state index is 15.0. The van der Waals surface area contributed by atoms with E-state index >= 15 is 4.39 Å². The van der Waals surface area contributed by atoms with Crippen molar-refractivity contribution in [2.75, 3.05) is 57.1 Å². The van der Waals surface area contributed by atoms with Crippen LogP contribution in [0.5, 0.6) is 0 Å². The first kappa shape index (κ1) is 24.4. The molecule has 1 aromatic heterocycles. The van der Waals surface area contributed by atoms with Crippen LogP contribution >= 0.6 is 0 Å². The molecule has 1 aromatic carbocycles. The lowest BCUT2D eigenvalue weighted by atomic mass is 10.1. The number of piperazine rings is 1. The van der Waals surface area contributed by atoms with Crippen LogP contribution in [0.1, 0.15) is 17.7 Å². The van der Waals surface area contributed by atoms with Crippen LogP contribution in [-0.2, 0) is 16.0 Å². The molecule has 0 atom stereocenters. The third-order valence-corrected chi connectivity index (χ3v) is 5.24. The Kier molecular flexibility index (Phi) is 8.96. The molecule has 0 radical (unpaired) electrons. The summed E-state index contributed by atoms with van der Waals surface area (Å²) in [6.07, 6.45) is 1.86. The fourth-order valence-electron chi connectivity index (χ4n) is 3.41. The maximum Gasteiger partial charge on any atom is 0.409 e. The van der Waals surface area contributed by atoms with Gasteiger partial charge in [0.1, 0.15) is 0 Å². The molecule has 0 unspecified atom stereocenters. The van der Waals surface area contributed by atoms with Crippen LogP contribution in [-0.4, -0.2) is 73.4 Å². The number of rotatable bonds is 8. The molecule has 1 fully saturated rings. The molecule has 33 heavy (non-hydrogen) atoms. The molecule has 0 aliphatic carbocycles. The number of halogens is 1. The summed E-state index contributed by atoms with van der Waals surface area (Å²) in [5, 5.41) is 5.19. The van der Waals surface area contributed by atoms with E-state index < -0.39 is 11.8 Å². The van der Waals surface area contributed by atoms with Crippen LogP contribution in [0.25, 0.3) is 0 Å². The topological polar surface area (TPSA) is 96.0 Å². The first-order valence-electron chi connectivity index (χ1n) is 10.9. The fourth-order valence-corrected chi connectivity index (χ4v) is 3.41. The number of nitrogens with one attached hydrogen (secondary N) is 2. The highest BCUT2D eigenvalue weighted by Gasteiger charge is 2.23. The molecule has 1 saturated heterocycles. The fraction of sp³-hybridized carbons (Fsp3) is 0.435. The number of benzene rings is 1. The van der Waals surface area contributed by atoms with Gasteiger partial charge in [0.2, 0.25) is 0 Å². The van der Waals surface area contributed by atoms with E-state index in [1.807, 2.05) is 6.92 Å². The van der Waals surface area contributed by atoms with Crippen molar-refractivity contribution in [2.24, 2.45) is 0 Å². The molecule has 0 saturated carbocycles. The van der Waals surface area contributed by atoms with Crippen molar-refractivity contribution in [2.45, 2.75) is 19.9 Å². The molecule has 2 heterocycles. The molecule has 1 aliphatic rings. The van der Waals surface area contributed by atoms with Gasteiger partial charge in [-0.25, -0.2) is 14.0 Å². The van der Waals surface area contributed by atoms with Crippen LogP contribution in [0.3, 0.4) is 0 Å². The summed E-state index contributed by atoms with van der Waals surface area (Å²) in [5.41, 5.74) is 1.92. The van der Waals surface area contributed by atoms with Crippen LogP contribution in [0.2, 0.25) is 0 Å². The number of urea groups is 1. The summed E-state index contributed by atoms with van der Waals surface area (Å²) in [6, 6.07) is 7.87. The quantitative estimate of drug-likeness (QED) is 0.587. The van der Waals surface area contributed by atoms with E-state index in [4.69, 9.17) is 9.47 Å². The first-order chi connectivity index (χ1) is 16.0. The molecular formula is C23H30FN5O4. The van der Waals surface area contributed by atoms with E-state index in [0.29, 0.717) is 63.6 Å². The second kappa shape index (κ2) is 12.1. The molecule has 0 spiro atoms. The summed E-state index contributed by atoms with van der Waals surface area (Å²) < 4.78 is 25.2. The van der Waals surface area contributed by atoms with Gasteiger partial charge in [-0.15, -0.1) is 0 Å². The Balaban J connectivity index is 1.49. The second-order valence-electron chi connectivity index (χ2n) is 7.77. The van der Waals surface area contributed by atoms with Gasteiger partial charge in [0, 0.05) is 64.1 Å². The number of nitrogens with zero attached hydrogens (tertiary/aromatic N) is 3. The lowest BCUT2D eigenvalue weighted by molar-refractivity contribution is 0.0677. The summed E-state index contributed by atoms with van der Waals surface area (Å²) in [6.45, 7) is 5.32. The minimum atomic E-state index is -0.547. The van der Waals surface area contributed by atoms with Crippen molar-refractivity contribution >= 4 is 23.5 Å². The normalized spacial score (nSPS) is 14.1. The second-order valence-corrected chi connectivity index (χ2v) is 7.77. The third kappa shape index (κ3) is 7.40. The molecule has 2 aromatic rings. The molecule has 2 N–H and O–H groups in total. The Morgan fingerprint density at radius 3 is 2.58 bits per heavy atom. The summed E-state index contributed by atoms with van der Waals surface area (Å²) in [7, 11) is 1.60. The van der Waals surface area contributed by atoms with Crippen LogP contribution in [0, 0.1) is 12.7 Å². The number of carbonyl (C=O) groups excluding carboxylic acids is 2. The predicted octanol–water partition coefficient (Wildman–Crippen LogP) is 3.46. The number of amides is 3. The molecule has 3 amide bonds. The number of anilines is 2. The lowest BCUT2D eigenvalue weighted by Crippen LogP contribution is -2.48. The highest BCUT2D eigenvalue weighted by Crippen LogP contribution is 2.21. The molecular weight excluding hydrogens is 429 g/mol. The molecule has 178 valence electrons. The summed E-state index contributed by atoms with van der Waals surface area (Å²) in [5.74, 6) is -0.477. The van der Waals surface area contributed by atoms with Crippen molar-refractivity contribution < 1.29 is 23.5 Å². The number of methoxy groups -OCH3 is 1. The standard InChI is InChI=1S/C23H30FN5O4/c1-17-7-8-19(15-25-17)26-22(30)27-20-6-3-5-18(21(20)24)16-28-9-11-29(12-10-28)23(31)33-14-4-13-32-2/h3,5-8,15H,4,9-14,16H2,1-2H3,(H2,26,27,30). The van der Waals surface area contributed by atoms with Gasteiger partial charge >= 0.3 is 12.1 Å². The van der Waals surface area contributed by atoms with Crippen molar-refractivity contribution in [3.63, 3.8) is 0 Å². The maximum atomic E-state index is 15.0. The number of pyridine rings is 1. The monoisotopic (exact) mass is 459 g/mol. The van der Waals surface area contributed by atoms with Gasteiger partial charge in [0.25, 0.3) is 0 Å². The molecule has 0 bridgehead atoms. The SMILES string of the molecule is COCCCOC(=O)N1CCN(Cc2cccc(NC(=O)Nc3ccc(C)nc3)c2F)CC1. The highest BCUT2D eigenvalue weighted by molar-refractivity contribution is 5.99. The molecule has 10 heteroatoms. The van der Waals surface area contributed by atoms with Gasteiger partial charge in [-0.05, 0) is 25.1 Å². The molecule has 1 aliphatic heterocycles. The van der Waals surface area contributed by atoms with E-state index in [1.54, 1.807) is 36.3 Å². The first-order valence-corrected chi connectivity index (χ1v) is 10.9. The average Bonchev–Trinajstić information content (AvgIpc) is 2.81. The summed E-state index contributed by atoms with van der Waals surface area (Å²) >= 11 is 0. The molecule has 3 rings (SSSR count). The zero-order valence-electron chi connectivity index (χ0n) is 19.0. The van der Waals surface area contributed by atoms with Crippen molar-refractivity contribution in [1.82, 2.24) is 14.8 Å². The van der Waals surface area contributed by atoms with Gasteiger partial charge in [-0.3, -0.25) is 9.88 Å². The van der Waals surface area contributed by atoms with Gasteiger partial charge in [0.15, 0.2) is 5.82 Å². The minimum absolute atomic E-state index is 0.100.